The van der Waals surface area contributed by atoms with Crippen molar-refractivity contribution in [3.05, 3.63) is 95.6 Å². The molecule has 37 heavy (non-hydrogen) atoms. The first-order chi connectivity index (χ1) is 17.9. The van der Waals surface area contributed by atoms with Crippen molar-refractivity contribution in [1.82, 2.24) is 0 Å². The van der Waals surface area contributed by atoms with Crippen molar-refractivity contribution < 1.29 is 14.6 Å². The molecule has 1 fully saturated rings. The Morgan fingerprint density at radius 3 is 2.19 bits per heavy atom. The Balaban J connectivity index is 1.57. The highest BCUT2D eigenvalue weighted by atomic mass is 16.5. The van der Waals surface area contributed by atoms with E-state index in [0.29, 0.717) is 24.5 Å². The number of aliphatic hydroxyl groups excluding tert-OH is 1. The van der Waals surface area contributed by atoms with Gasteiger partial charge in [-0.15, -0.1) is 0 Å². The van der Waals surface area contributed by atoms with Crippen molar-refractivity contribution in [1.29, 1.82) is 0 Å². The average Bonchev–Trinajstić information content (AvgIpc) is 2.92. The maximum atomic E-state index is 11.9. The summed E-state index contributed by atoms with van der Waals surface area (Å²) < 4.78 is 5.44. The van der Waals surface area contributed by atoms with E-state index in [1.807, 2.05) is 0 Å². The summed E-state index contributed by atoms with van der Waals surface area (Å²) in [5, 5.41) is 9.12. The minimum atomic E-state index is -0.348. The van der Waals surface area contributed by atoms with Gasteiger partial charge in [0.2, 0.25) is 0 Å². The van der Waals surface area contributed by atoms with E-state index in [2.05, 4.69) is 80.2 Å². The first kappa shape index (κ1) is 26.9. The normalized spacial score (nSPS) is 17.4. The smallest absolute Gasteiger partial charge is 0.333 e. The van der Waals surface area contributed by atoms with Crippen molar-refractivity contribution in [3.63, 3.8) is 0 Å². The maximum absolute atomic E-state index is 11.9. The number of benzene rings is 3. The molecule has 3 aromatic rings. The summed E-state index contributed by atoms with van der Waals surface area (Å²) in [7, 11) is 0. The van der Waals surface area contributed by atoms with Gasteiger partial charge < -0.3 is 9.84 Å². The van der Waals surface area contributed by atoms with Crippen LogP contribution in [0.15, 0.2) is 78.9 Å². The van der Waals surface area contributed by atoms with E-state index in [9.17, 15) is 4.79 Å². The van der Waals surface area contributed by atoms with Crippen LogP contribution in [0.2, 0.25) is 0 Å². The van der Waals surface area contributed by atoms with E-state index < -0.39 is 0 Å². The number of carbonyl (C=O) groups is 1. The number of aliphatic hydroxyl groups is 1. The molecule has 3 aromatic carbocycles. The van der Waals surface area contributed by atoms with Crippen LogP contribution in [0.4, 0.5) is 0 Å². The summed E-state index contributed by atoms with van der Waals surface area (Å²) in [6, 6.07) is 24.3. The zero-order valence-corrected chi connectivity index (χ0v) is 22.3. The number of carbonyl (C=O) groups excluding carboxylic acids is 1. The second kappa shape index (κ2) is 12.9. The molecule has 0 saturated heterocycles. The van der Waals surface area contributed by atoms with Crippen LogP contribution in [0, 0.1) is 5.92 Å². The summed E-state index contributed by atoms with van der Waals surface area (Å²) in [4.78, 5) is 11.9. The predicted molar refractivity (Wildman–Crippen MR) is 153 cm³/mol. The molecule has 3 nitrogen and oxygen atoms in total. The van der Waals surface area contributed by atoms with Crippen molar-refractivity contribution in [2.45, 2.75) is 64.7 Å². The lowest BCUT2D eigenvalue weighted by molar-refractivity contribution is -0.138. The van der Waals surface area contributed by atoms with Gasteiger partial charge in [-0.2, -0.15) is 0 Å². The van der Waals surface area contributed by atoms with Crippen LogP contribution in [-0.4, -0.2) is 24.3 Å². The van der Waals surface area contributed by atoms with Gasteiger partial charge in [-0.1, -0.05) is 93.1 Å². The fourth-order valence-electron chi connectivity index (χ4n) is 5.31. The number of hydrogen-bond acceptors (Lipinski definition) is 3. The lowest BCUT2D eigenvalue weighted by Crippen LogP contribution is -2.10. The highest BCUT2D eigenvalue weighted by molar-refractivity contribution is 5.87. The number of aryl methyl sites for hydroxylation is 1. The standard InChI is InChI=1S/C34H40O3/c1-24(2)34(36)37-22-20-32-23-31(18-19-33(32)30-12-8-26(9-13-30)5-4-21-35)29-16-14-28(15-17-29)27-10-6-25(3)7-11-27/h8-9,12-19,23,25,27,35H,1,4-7,10-11,20-22H2,2-3H3. The second-order valence-corrected chi connectivity index (χ2v) is 10.6. The van der Waals surface area contributed by atoms with Gasteiger partial charge in [0.15, 0.2) is 0 Å². The molecule has 0 amide bonds. The molecule has 0 aliphatic heterocycles. The lowest BCUT2D eigenvalue weighted by atomic mass is 9.79. The van der Waals surface area contributed by atoms with Crippen LogP contribution in [-0.2, 0) is 22.4 Å². The summed E-state index contributed by atoms with van der Waals surface area (Å²) in [6.45, 7) is 8.24. The summed E-state index contributed by atoms with van der Waals surface area (Å²) in [5.74, 6) is 1.20. The summed E-state index contributed by atoms with van der Waals surface area (Å²) in [6.07, 6.45) is 7.52. The molecule has 0 bridgehead atoms. The third-order valence-electron chi connectivity index (χ3n) is 7.68. The monoisotopic (exact) mass is 496 g/mol. The molecular formula is C34H40O3. The Hall–Kier alpha value is -3.17. The molecule has 0 unspecified atom stereocenters. The zero-order valence-electron chi connectivity index (χ0n) is 22.3. The lowest BCUT2D eigenvalue weighted by Gasteiger charge is -2.26. The molecule has 4 rings (SSSR count). The number of rotatable bonds is 10. The Kier molecular flexibility index (Phi) is 9.35. The van der Waals surface area contributed by atoms with Gasteiger partial charge in [0.25, 0.3) is 0 Å². The van der Waals surface area contributed by atoms with Gasteiger partial charge >= 0.3 is 5.97 Å². The Labute approximate surface area is 222 Å². The number of ether oxygens (including phenoxy) is 1. The molecule has 0 heterocycles. The van der Waals surface area contributed by atoms with Gasteiger partial charge in [-0.25, -0.2) is 4.79 Å². The van der Waals surface area contributed by atoms with E-state index in [4.69, 9.17) is 9.84 Å². The largest absolute Gasteiger partial charge is 0.462 e. The van der Waals surface area contributed by atoms with Crippen molar-refractivity contribution in [2.24, 2.45) is 5.92 Å². The first-order valence-electron chi connectivity index (χ1n) is 13.7. The van der Waals surface area contributed by atoms with Crippen molar-refractivity contribution >= 4 is 5.97 Å². The quantitative estimate of drug-likeness (QED) is 0.229. The van der Waals surface area contributed by atoms with Gasteiger partial charge in [0, 0.05) is 18.6 Å². The Morgan fingerprint density at radius 2 is 1.54 bits per heavy atom. The van der Waals surface area contributed by atoms with Crippen LogP contribution >= 0.6 is 0 Å². The van der Waals surface area contributed by atoms with Gasteiger partial charge in [-0.3, -0.25) is 0 Å². The van der Waals surface area contributed by atoms with Crippen LogP contribution in [0.1, 0.15) is 68.6 Å². The van der Waals surface area contributed by atoms with E-state index in [1.54, 1.807) is 6.92 Å². The molecule has 1 saturated carbocycles. The predicted octanol–water partition coefficient (Wildman–Crippen LogP) is 7.90. The van der Waals surface area contributed by atoms with Crippen LogP contribution in [0.25, 0.3) is 22.3 Å². The summed E-state index contributed by atoms with van der Waals surface area (Å²) >= 11 is 0. The molecule has 1 aliphatic rings. The fraction of sp³-hybridized carbons (Fsp3) is 0.382. The SMILES string of the molecule is C=C(C)C(=O)OCCc1cc(-c2ccc(C3CCC(C)CC3)cc2)ccc1-c1ccc(CCCO)cc1. The Bertz CT molecular complexity index is 1180. The molecule has 1 aliphatic carbocycles. The molecule has 3 heteroatoms. The van der Waals surface area contributed by atoms with E-state index >= 15 is 0 Å². The summed E-state index contributed by atoms with van der Waals surface area (Å²) in [5.41, 5.74) is 8.92. The third kappa shape index (κ3) is 7.20. The minimum absolute atomic E-state index is 0.205. The zero-order chi connectivity index (χ0) is 26.2. The molecule has 0 atom stereocenters. The highest BCUT2D eigenvalue weighted by Crippen LogP contribution is 2.36. The average molecular weight is 497 g/mol. The van der Waals surface area contributed by atoms with Crippen LogP contribution in [0.5, 0.6) is 0 Å². The van der Waals surface area contributed by atoms with Crippen LogP contribution < -0.4 is 0 Å². The van der Waals surface area contributed by atoms with E-state index in [0.717, 1.165) is 35.4 Å². The van der Waals surface area contributed by atoms with Gasteiger partial charge in [0.1, 0.15) is 0 Å². The molecule has 0 aromatic heterocycles. The topological polar surface area (TPSA) is 46.5 Å². The molecular weight excluding hydrogens is 456 g/mol. The molecule has 0 spiro atoms. The maximum Gasteiger partial charge on any atom is 0.333 e. The van der Waals surface area contributed by atoms with E-state index in [1.165, 1.54) is 47.9 Å². The van der Waals surface area contributed by atoms with Crippen molar-refractivity contribution in [2.75, 3.05) is 13.2 Å². The van der Waals surface area contributed by atoms with Crippen LogP contribution in [0.3, 0.4) is 0 Å². The number of hydrogen-bond donors (Lipinski definition) is 1. The first-order valence-corrected chi connectivity index (χ1v) is 13.7. The molecule has 0 radical (unpaired) electrons. The van der Waals surface area contributed by atoms with Gasteiger partial charge in [0.05, 0.1) is 6.61 Å². The third-order valence-corrected chi connectivity index (χ3v) is 7.68. The second-order valence-electron chi connectivity index (χ2n) is 10.6. The molecule has 194 valence electrons. The highest BCUT2D eigenvalue weighted by Gasteiger charge is 2.19. The number of esters is 1. The Morgan fingerprint density at radius 1 is 0.892 bits per heavy atom. The van der Waals surface area contributed by atoms with Gasteiger partial charge in [-0.05, 0) is 83.4 Å². The van der Waals surface area contributed by atoms with E-state index in [-0.39, 0.29) is 12.6 Å². The fourth-order valence-corrected chi connectivity index (χ4v) is 5.31. The molecule has 1 N–H and O–H groups in total. The minimum Gasteiger partial charge on any atom is -0.462 e. The van der Waals surface area contributed by atoms with Crippen molar-refractivity contribution in [3.8, 4) is 22.3 Å².